The Morgan fingerprint density at radius 3 is 2.52 bits per heavy atom. The number of carbonyl (C=O) groups excluding carboxylic acids is 1. The first kappa shape index (κ1) is 15.5. The van der Waals surface area contributed by atoms with Gasteiger partial charge in [-0.15, -0.1) is 11.3 Å². The van der Waals surface area contributed by atoms with Gasteiger partial charge in [0.25, 0.3) is 0 Å². The quantitative estimate of drug-likeness (QED) is 0.364. The van der Waals surface area contributed by atoms with Gasteiger partial charge < -0.3 is 4.74 Å². The predicted octanol–water partition coefficient (Wildman–Crippen LogP) is 5.49. The van der Waals surface area contributed by atoms with Crippen LogP contribution in [0.1, 0.15) is 15.9 Å². The number of fused-ring (bicyclic) bond motifs is 1. The number of thiazole rings is 1. The first-order valence-electron chi connectivity index (χ1n) is 7.94. The third kappa shape index (κ3) is 3.16. The molecule has 122 valence electrons. The van der Waals surface area contributed by atoms with Crippen LogP contribution in [0.2, 0.25) is 0 Å². The van der Waals surface area contributed by atoms with Crippen molar-refractivity contribution in [2.75, 3.05) is 0 Å². The second-order valence-corrected chi connectivity index (χ2v) is 6.77. The average molecular weight is 345 g/mol. The van der Waals surface area contributed by atoms with E-state index in [2.05, 4.69) is 4.98 Å². The Hall–Kier alpha value is -2.98. The molecule has 0 aliphatic heterocycles. The van der Waals surface area contributed by atoms with E-state index < -0.39 is 0 Å². The molecule has 0 saturated heterocycles. The number of para-hydroxylation sites is 2. The smallest absolute Gasteiger partial charge is 0.344 e. The van der Waals surface area contributed by atoms with Crippen LogP contribution < -0.4 is 4.74 Å². The van der Waals surface area contributed by atoms with Crippen molar-refractivity contribution in [3.05, 3.63) is 83.9 Å². The molecule has 0 unspecified atom stereocenters. The van der Waals surface area contributed by atoms with E-state index in [1.54, 1.807) is 23.5 Å². The van der Waals surface area contributed by atoms with Crippen LogP contribution in [0.4, 0.5) is 0 Å². The Labute approximate surface area is 149 Å². The lowest BCUT2D eigenvalue weighted by molar-refractivity contribution is 0.0735. The summed E-state index contributed by atoms with van der Waals surface area (Å²) in [4.78, 5) is 17.4. The monoisotopic (exact) mass is 345 g/mol. The summed E-state index contributed by atoms with van der Waals surface area (Å²) in [5.41, 5.74) is 3.27. The van der Waals surface area contributed by atoms with E-state index in [1.807, 2.05) is 67.6 Å². The maximum atomic E-state index is 12.7. The van der Waals surface area contributed by atoms with Crippen LogP contribution in [-0.4, -0.2) is 11.0 Å². The van der Waals surface area contributed by atoms with Gasteiger partial charge in [0.05, 0.1) is 15.8 Å². The third-order valence-electron chi connectivity index (χ3n) is 3.87. The fraction of sp³-hybridized carbons (Fsp3) is 0.0476. The number of benzene rings is 3. The minimum atomic E-state index is -0.371. The van der Waals surface area contributed by atoms with Crippen LogP contribution in [0.5, 0.6) is 5.75 Å². The van der Waals surface area contributed by atoms with Gasteiger partial charge in [-0.3, -0.25) is 0 Å². The van der Waals surface area contributed by atoms with Crippen molar-refractivity contribution in [1.82, 2.24) is 4.98 Å². The van der Waals surface area contributed by atoms with Crippen molar-refractivity contribution in [2.45, 2.75) is 6.92 Å². The molecule has 4 heteroatoms. The molecule has 1 aromatic heterocycles. The SMILES string of the molecule is Cc1ccc(-c2nc3ccccc3s2)c(C(=O)Oc2ccccc2)c1. The highest BCUT2D eigenvalue weighted by atomic mass is 32.1. The Balaban J connectivity index is 1.77. The van der Waals surface area contributed by atoms with Crippen molar-refractivity contribution < 1.29 is 9.53 Å². The van der Waals surface area contributed by atoms with E-state index >= 15 is 0 Å². The number of ether oxygens (including phenoxy) is 1. The van der Waals surface area contributed by atoms with Crippen molar-refractivity contribution in [2.24, 2.45) is 0 Å². The van der Waals surface area contributed by atoms with Crippen LogP contribution in [0, 0.1) is 6.92 Å². The van der Waals surface area contributed by atoms with Gasteiger partial charge in [-0.05, 0) is 37.3 Å². The molecule has 0 saturated carbocycles. The number of aryl methyl sites for hydroxylation is 1. The number of esters is 1. The van der Waals surface area contributed by atoms with Gasteiger partial charge in [-0.25, -0.2) is 9.78 Å². The van der Waals surface area contributed by atoms with Crippen LogP contribution in [0.25, 0.3) is 20.8 Å². The fourth-order valence-electron chi connectivity index (χ4n) is 2.65. The Morgan fingerprint density at radius 1 is 0.960 bits per heavy atom. The van der Waals surface area contributed by atoms with Gasteiger partial charge in [0.2, 0.25) is 0 Å². The lowest BCUT2D eigenvalue weighted by atomic mass is 10.0. The van der Waals surface area contributed by atoms with E-state index in [0.29, 0.717) is 11.3 Å². The molecule has 0 atom stereocenters. The molecule has 4 aromatic rings. The summed E-state index contributed by atoms with van der Waals surface area (Å²) in [7, 11) is 0. The largest absolute Gasteiger partial charge is 0.423 e. The lowest BCUT2D eigenvalue weighted by Gasteiger charge is -2.09. The van der Waals surface area contributed by atoms with Crippen LogP contribution in [0.15, 0.2) is 72.8 Å². The standard InChI is InChI=1S/C21H15NO2S/c1-14-11-12-16(20-22-18-9-5-6-10-19(18)25-20)17(13-14)21(23)24-15-7-3-2-4-8-15/h2-13H,1H3. The van der Waals surface area contributed by atoms with Crippen molar-refractivity contribution in [3.8, 4) is 16.3 Å². The molecule has 3 nitrogen and oxygen atoms in total. The summed E-state index contributed by atoms with van der Waals surface area (Å²) in [6, 6.07) is 22.9. The molecule has 0 bridgehead atoms. The zero-order chi connectivity index (χ0) is 17.2. The summed E-state index contributed by atoms with van der Waals surface area (Å²) in [6.45, 7) is 1.96. The minimum absolute atomic E-state index is 0.371. The molecule has 0 fully saturated rings. The first-order chi connectivity index (χ1) is 12.2. The minimum Gasteiger partial charge on any atom is -0.423 e. The summed E-state index contributed by atoms with van der Waals surface area (Å²) < 4.78 is 6.63. The molecule has 0 aliphatic carbocycles. The normalized spacial score (nSPS) is 10.8. The molecule has 25 heavy (non-hydrogen) atoms. The molecule has 0 radical (unpaired) electrons. The maximum absolute atomic E-state index is 12.7. The van der Waals surface area contributed by atoms with Gasteiger partial charge >= 0.3 is 5.97 Å². The average Bonchev–Trinajstić information content (AvgIpc) is 3.06. The molecule has 4 rings (SSSR count). The Bertz CT molecular complexity index is 1020. The fourth-order valence-corrected chi connectivity index (χ4v) is 3.66. The number of nitrogens with zero attached hydrogens (tertiary/aromatic N) is 1. The highest BCUT2D eigenvalue weighted by Gasteiger charge is 2.18. The summed E-state index contributed by atoms with van der Waals surface area (Å²) in [5.74, 6) is 0.161. The number of rotatable bonds is 3. The molecule has 3 aromatic carbocycles. The van der Waals surface area contributed by atoms with Gasteiger partial charge in [0.15, 0.2) is 0 Å². The highest BCUT2D eigenvalue weighted by Crippen LogP contribution is 2.33. The molecule has 0 spiro atoms. The van der Waals surface area contributed by atoms with E-state index in [9.17, 15) is 4.79 Å². The Morgan fingerprint density at radius 2 is 1.72 bits per heavy atom. The van der Waals surface area contributed by atoms with Crippen molar-refractivity contribution in [1.29, 1.82) is 0 Å². The zero-order valence-corrected chi connectivity index (χ0v) is 14.4. The second kappa shape index (κ2) is 6.49. The number of hydrogen-bond donors (Lipinski definition) is 0. The van der Waals surface area contributed by atoms with Crippen LogP contribution in [0.3, 0.4) is 0 Å². The molecular formula is C21H15NO2S. The van der Waals surface area contributed by atoms with E-state index in [0.717, 1.165) is 26.4 Å². The Kier molecular flexibility index (Phi) is 4.04. The topological polar surface area (TPSA) is 39.2 Å². The zero-order valence-electron chi connectivity index (χ0n) is 13.6. The summed E-state index contributed by atoms with van der Waals surface area (Å²) >= 11 is 1.58. The summed E-state index contributed by atoms with van der Waals surface area (Å²) in [6.07, 6.45) is 0. The van der Waals surface area contributed by atoms with Gasteiger partial charge in [-0.2, -0.15) is 0 Å². The van der Waals surface area contributed by atoms with E-state index in [4.69, 9.17) is 4.74 Å². The number of carbonyl (C=O) groups is 1. The predicted molar refractivity (Wildman–Crippen MR) is 101 cm³/mol. The molecule has 0 amide bonds. The third-order valence-corrected chi connectivity index (χ3v) is 4.94. The summed E-state index contributed by atoms with van der Waals surface area (Å²) in [5, 5.41) is 0.821. The van der Waals surface area contributed by atoms with Gasteiger partial charge in [-0.1, -0.05) is 48.0 Å². The number of hydrogen-bond acceptors (Lipinski definition) is 4. The molecule has 0 aliphatic rings. The maximum Gasteiger partial charge on any atom is 0.344 e. The molecular weight excluding hydrogens is 330 g/mol. The molecule has 1 heterocycles. The van der Waals surface area contributed by atoms with E-state index in [-0.39, 0.29) is 5.97 Å². The highest BCUT2D eigenvalue weighted by molar-refractivity contribution is 7.21. The second-order valence-electron chi connectivity index (χ2n) is 5.74. The van der Waals surface area contributed by atoms with Gasteiger partial charge in [0, 0.05) is 5.56 Å². The van der Waals surface area contributed by atoms with Gasteiger partial charge in [0.1, 0.15) is 10.8 Å². The first-order valence-corrected chi connectivity index (χ1v) is 8.76. The van der Waals surface area contributed by atoms with E-state index in [1.165, 1.54) is 0 Å². The van der Waals surface area contributed by atoms with Crippen molar-refractivity contribution in [3.63, 3.8) is 0 Å². The van der Waals surface area contributed by atoms with Crippen LogP contribution >= 0.6 is 11.3 Å². The number of aromatic nitrogens is 1. The lowest BCUT2D eigenvalue weighted by Crippen LogP contribution is -2.10. The van der Waals surface area contributed by atoms with Crippen LogP contribution in [-0.2, 0) is 0 Å². The van der Waals surface area contributed by atoms with Crippen molar-refractivity contribution >= 4 is 27.5 Å². The molecule has 0 N–H and O–H groups in total.